The Labute approximate surface area is 142 Å². The molecule has 3 N–H and O–H groups in total. The molecule has 0 spiro atoms. The summed E-state index contributed by atoms with van der Waals surface area (Å²) in [6.45, 7) is 1.43. The second-order valence-electron chi connectivity index (χ2n) is 5.21. The summed E-state index contributed by atoms with van der Waals surface area (Å²) in [5, 5.41) is 7.76. The molecule has 0 aliphatic carbocycles. The lowest BCUT2D eigenvalue weighted by Gasteiger charge is -2.09. The maximum absolute atomic E-state index is 13.5. The Morgan fingerprint density at radius 1 is 0.880 bits per heavy atom. The molecule has 2 aromatic rings. The van der Waals surface area contributed by atoms with Crippen LogP contribution < -0.4 is 16.0 Å². The van der Waals surface area contributed by atoms with Gasteiger partial charge in [0, 0.05) is 31.3 Å². The van der Waals surface area contributed by atoms with Crippen molar-refractivity contribution in [2.45, 2.75) is 13.3 Å². The molecule has 0 unspecified atom stereocenters. The topological polar surface area (TPSA) is 70.2 Å². The Kier molecular flexibility index (Phi) is 5.99. The first-order valence-electron chi connectivity index (χ1n) is 7.41. The number of benzene rings is 2. The molecule has 0 aliphatic rings. The van der Waals surface area contributed by atoms with Crippen LogP contribution in [-0.2, 0) is 9.59 Å². The largest absolute Gasteiger partial charge is 0.382 e. The summed E-state index contributed by atoms with van der Waals surface area (Å²) in [5.41, 5.74) is 0.908. The molecule has 25 heavy (non-hydrogen) atoms. The van der Waals surface area contributed by atoms with Crippen molar-refractivity contribution in [3.05, 3.63) is 53.8 Å². The summed E-state index contributed by atoms with van der Waals surface area (Å²) in [4.78, 5) is 22.7. The van der Waals surface area contributed by atoms with Crippen LogP contribution in [0.1, 0.15) is 13.3 Å². The van der Waals surface area contributed by atoms with Crippen LogP contribution in [-0.4, -0.2) is 18.4 Å². The third-order valence-electron chi connectivity index (χ3n) is 3.19. The van der Waals surface area contributed by atoms with E-state index in [1.54, 1.807) is 24.3 Å². The molecule has 5 nitrogen and oxygen atoms in total. The van der Waals surface area contributed by atoms with Gasteiger partial charge in [0.05, 0.1) is 5.69 Å². The van der Waals surface area contributed by atoms with E-state index >= 15 is 0 Å². The van der Waals surface area contributed by atoms with Gasteiger partial charge in [0.25, 0.3) is 0 Å². The van der Waals surface area contributed by atoms with Gasteiger partial charge in [-0.3, -0.25) is 9.59 Å². The quantitative estimate of drug-likeness (QED) is 0.698. The standard InChI is InChI=1S/C17H16F3N3O2/c1-10(24)22-11-2-4-12(5-3-11)23-15(25)8-9-21-14-7-6-13(18)16(19)17(14)20/h2-7,21H,8-9H2,1H3,(H,22,24)(H,23,25). The van der Waals surface area contributed by atoms with Gasteiger partial charge in [-0.25, -0.2) is 13.2 Å². The van der Waals surface area contributed by atoms with E-state index in [2.05, 4.69) is 16.0 Å². The SMILES string of the molecule is CC(=O)Nc1ccc(NC(=O)CCNc2ccc(F)c(F)c2F)cc1. The van der Waals surface area contributed by atoms with Crippen molar-refractivity contribution in [3.8, 4) is 0 Å². The maximum Gasteiger partial charge on any atom is 0.226 e. The molecule has 0 atom stereocenters. The van der Waals surface area contributed by atoms with E-state index in [-0.39, 0.29) is 30.5 Å². The van der Waals surface area contributed by atoms with Crippen LogP contribution in [0, 0.1) is 17.5 Å². The third-order valence-corrected chi connectivity index (χ3v) is 3.19. The normalized spacial score (nSPS) is 10.2. The Bertz CT molecular complexity index is 779. The predicted octanol–water partition coefficient (Wildman–Crippen LogP) is 3.50. The molecule has 0 bridgehead atoms. The van der Waals surface area contributed by atoms with Gasteiger partial charge in [-0.2, -0.15) is 0 Å². The number of hydrogen-bond donors (Lipinski definition) is 3. The van der Waals surface area contributed by atoms with Crippen molar-refractivity contribution in [1.29, 1.82) is 0 Å². The average molecular weight is 351 g/mol. The van der Waals surface area contributed by atoms with E-state index in [1.807, 2.05) is 0 Å². The Morgan fingerprint density at radius 3 is 2.08 bits per heavy atom. The highest BCUT2D eigenvalue weighted by Gasteiger charge is 2.13. The summed E-state index contributed by atoms with van der Waals surface area (Å²) in [6.07, 6.45) is -0.00805. The zero-order valence-corrected chi connectivity index (χ0v) is 13.3. The molecule has 0 radical (unpaired) electrons. The Hall–Kier alpha value is -3.03. The number of rotatable bonds is 6. The summed E-state index contributed by atoms with van der Waals surface area (Å²) in [6, 6.07) is 8.36. The molecular formula is C17H16F3N3O2. The molecule has 132 valence electrons. The molecule has 2 amide bonds. The van der Waals surface area contributed by atoms with Gasteiger partial charge in [-0.05, 0) is 36.4 Å². The molecule has 2 rings (SSSR count). The number of nitrogens with one attached hydrogen (secondary N) is 3. The number of carbonyl (C=O) groups is 2. The van der Waals surface area contributed by atoms with E-state index < -0.39 is 17.5 Å². The average Bonchev–Trinajstić information content (AvgIpc) is 2.56. The zero-order valence-electron chi connectivity index (χ0n) is 13.3. The van der Waals surface area contributed by atoms with Gasteiger partial charge < -0.3 is 16.0 Å². The number of amides is 2. The number of anilines is 3. The molecule has 0 fully saturated rings. The minimum absolute atomic E-state index is 0.00805. The lowest BCUT2D eigenvalue weighted by atomic mass is 10.2. The smallest absolute Gasteiger partial charge is 0.226 e. The van der Waals surface area contributed by atoms with Crippen molar-refractivity contribution in [2.24, 2.45) is 0 Å². The Morgan fingerprint density at radius 2 is 1.48 bits per heavy atom. The van der Waals surface area contributed by atoms with Crippen LogP contribution in [0.25, 0.3) is 0 Å². The highest BCUT2D eigenvalue weighted by Crippen LogP contribution is 2.19. The van der Waals surface area contributed by atoms with E-state index in [0.29, 0.717) is 11.4 Å². The van der Waals surface area contributed by atoms with Crippen molar-refractivity contribution in [3.63, 3.8) is 0 Å². The number of hydrogen-bond acceptors (Lipinski definition) is 3. The molecule has 0 aromatic heterocycles. The van der Waals surface area contributed by atoms with E-state index in [4.69, 9.17) is 0 Å². The van der Waals surface area contributed by atoms with E-state index in [1.165, 1.54) is 6.92 Å². The van der Waals surface area contributed by atoms with Crippen molar-refractivity contribution in [1.82, 2.24) is 0 Å². The van der Waals surface area contributed by atoms with Crippen molar-refractivity contribution < 1.29 is 22.8 Å². The second-order valence-corrected chi connectivity index (χ2v) is 5.21. The first-order valence-corrected chi connectivity index (χ1v) is 7.41. The van der Waals surface area contributed by atoms with Gasteiger partial charge in [0.1, 0.15) is 0 Å². The van der Waals surface area contributed by atoms with Crippen LogP contribution in [0.15, 0.2) is 36.4 Å². The molecule has 0 saturated heterocycles. The van der Waals surface area contributed by atoms with Gasteiger partial charge in [0.2, 0.25) is 11.8 Å². The minimum Gasteiger partial charge on any atom is -0.382 e. The Balaban J connectivity index is 1.83. The fourth-order valence-corrected chi connectivity index (χ4v) is 2.04. The predicted molar refractivity (Wildman–Crippen MR) is 88.8 cm³/mol. The van der Waals surface area contributed by atoms with Gasteiger partial charge in [0.15, 0.2) is 17.5 Å². The number of halogens is 3. The monoisotopic (exact) mass is 351 g/mol. The first-order chi connectivity index (χ1) is 11.9. The fourth-order valence-electron chi connectivity index (χ4n) is 2.04. The van der Waals surface area contributed by atoms with Crippen LogP contribution >= 0.6 is 0 Å². The first kappa shape index (κ1) is 18.3. The fraction of sp³-hybridized carbons (Fsp3) is 0.176. The maximum atomic E-state index is 13.5. The summed E-state index contributed by atoms with van der Waals surface area (Å²) in [7, 11) is 0. The molecule has 2 aromatic carbocycles. The lowest BCUT2D eigenvalue weighted by Crippen LogP contribution is -2.17. The van der Waals surface area contributed by atoms with Crippen LogP contribution in [0.2, 0.25) is 0 Å². The van der Waals surface area contributed by atoms with Crippen molar-refractivity contribution >= 4 is 28.9 Å². The molecule has 0 heterocycles. The van der Waals surface area contributed by atoms with Crippen LogP contribution in [0.3, 0.4) is 0 Å². The highest BCUT2D eigenvalue weighted by molar-refractivity contribution is 5.92. The van der Waals surface area contributed by atoms with Crippen LogP contribution in [0.5, 0.6) is 0 Å². The summed E-state index contributed by atoms with van der Waals surface area (Å²) < 4.78 is 39.4. The third kappa shape index (κ3) is 5.23. The zero-order chi connectivity index (χ0) is 18.4. The molecule has 0 aliphatic heterocycles. The molecular weight excluding hydrogens is 335 g/mol. The van der Waals surface area contributed by atoms with Gasteiger partial charge >= 0.3 is 0 Å². The molecule has 8 heteroatoms. The minimum atomic E-state index is -1.56. The van der Waals surface area contributed by atoms with Gasteiger partial charge in [-0.1, -0.05) is 0 Å². The summed E-state index contributed by atoms with van der Waals surface area (Å²) >= 11 is 0. The molecule has 0 saturated carbocycles. The van der Waals surface area contributed by atoms with E-state index in [0.717, 1.165) is 12.1 Å². The number of carbonyl (C=O) groups excluding carboxylic acids is 2. The van der Waals surface area contributed by atoms with E-state index in [9.17, 15) is 22.8 Å². The highest BCUT2D eigenvalue weighted by atomic mass is 19.2. The lowest BCUT2D eigenvalue weighted by molar-refractivity contribution is -0.116. The van der Waals surface area contributed by atoms with Gasteiger partial charge in [-0.15, -0.1) is 0 Å². The van der Waals surface area contributed by atoms with Crippen LogP contribution in [0.4, 0.5) is 30.2 Å². The van der Waals surface area contributed by atoms with Crippen molar-refractivity contribution in [2.75, 3.05) is 22.5 Å². The summed E-state index contributed by atoms with van der Waals surface area (Å²) in [5.74, 6) is -4.71. The second kappa shape index (κ2) is 8.18.